The van der Waals surface area contributed by atoms with Crippen molar-refractivity contribution in [3.8, 4) is 0 Å². The predicted molar refractivity (Wildman–Crippen MR) is 43.5 cm³/mol. The molecule has 0 aliphatic carbocycles. The van der Waals surface area contributed by atoms with Gasteiger partial charge in [0, 0.05) is 12.7 Å². The average molecular weight is 138 g/mol. The van der Waals surface area contributed by atoms with Crippen molar-refractivity contribution in [3.05, 3.63) is 30.1 Å². The Labute approximate surface area is 62.1 Å². The maximum Gasteiger partial charge on any atom is 0.0539 e. The first-order valence-electron chi connectivity index (χ1n) is 3.53. The van der Waals surface area contributed by atoms with Crippen molar-refractivity contribution >= 4 is 0 Å². The van der Waals surface area contributed by atoms with Crippen LogP contribution in [-0.4, -0.2) is 4.98 Å². The number of hydrogen-bond acceptors (Lipinski definition) is 2. The van der Waals surface area contributed by atoms with Crippen LogP contribution in [0.3, 0.4) is 0 Å². The Morgan fingerprint density at radius 3 is 2.40 bits per heavy atom. The first kappa shape index (κ1) is 9.11. The van der Waals surface area contributed by atoms with Gasteiger partial charge >= 0.3 is 0 Å². The molecule has 0 fully saturated rings. The maximum absolute atomic E-state index is 5.29. The van der Waals surface area contributed by atoms with Gasteiger partial charge in [-0.2, -0.15) is 0 Å². The van der Waals surface area contributed by atoms with Crippen LogP contribution in [0.25, 0.3) is 0 Å². The van der Waals surface area contributed by atoms with Gasteiger partial charge in [-0.25, -0.2) is 0 Å². The SMILES string of the molecule is CC.NCc1ccccn1. The smallest absolute Gasteiger partial charge is 0.0539 e. The van der Waals surface area contributed by atoms with E-state index in [-0.39, 0.29) is 0 Å². The highest BCUT2D eigenvalue weighted by Gasteiger charge is 1.81. The molecular weight excluding hydrogens is 124 g/mol. The summed E-state index contributed by atoms with van der Waals surface area (Å²) in [4.78, 5) is 3.97. The summed E-state index contributed by atoms with van der Waals surface area (Å²) in [6.07, 6.45) is 1.74. The van der Waals surface area contributed by atoms with Crippen molar-refractivity contribution in [3.63, 3.8) is 0 Å². The molecule has 2 nitrogen and oxygen atoms in total. The number of nitrogens with zero attached hydrogens (tertiary/aromatic N) is 1. The first-order valence-corrected chi connectivity index (χ1v) is 3.53. The molecule has 0 aromatic carbocycles. The Hall–Kier alpha value is -0.890. The van der Waals surface area contributed by atoms with E-state index in [0.717, 1.165) is 5.69 Å². The normalized spacial score (nSPS) is 7.90. The molecule has 1 aromatic heterocycles. The molecule has 2 N–H and O–H groups in total. The summed E-state index contributed by atoms with van der Waals surface area (Å²) < 4.78 is 0. The summed E-state index contributed by atoms with van der Waals surface area (Å²) in [5, 5.41) is 0. The van der Waals surface area contributed by atoms with Crippen molar-refractivity contribution in [2.75, 3.05) is 0 Å². The number of rotatable bonds is 1. The molecule has 56 valence electrons. The third-order valence-electron chi connectivity index (χ3n) is 0.935. The third kappa shape index (κ3) is 3.20. The molecule has 0 unspecified atom stereocenters. The molecule has 1 heterocycles. The van der Waals surface area contributed by atoms with Crippen molar-refractivity contribution in [2.24, 2.45) is 5.73 Å². The van der Waals surface area contributed by atoms with E-state index < -0.39 is 0 Å². The lowest BCUT2D eigenvalue weighted by Gasteiger charge is -1.89. The van der Waals surface area contributed by atoms with Crippen molar-refractivity contribution in [1.82, 2.24) is 4.98 Å². The summed E-state index contributed by atoms with van der Waals surface area (Å²) in [5.41, 5.74) is 6.22. The number of pyridine rings is 1. The van der Waals surface area contributed by atoms with Crippen LogP contribution in [0, 0.1) is 0 Å². The van der Waals surface area contributed by atoms with Crippen LogP contribution in [0.4, 0.5) is 0 Å². The highest BCUT2D eigenvalue weighted by atomic mass is 14.7. The third-order valence-corrected chi connectivity index (χ3v) is 0.935. The van der Waals surface area contributed by atoms with Gasteiger partial charge in [-0.15, -0.1) is 0 Å². The zero-order chi connectivity index (χ0) is 7.82. The minimum absolute atomic E-state index is 0.529. The molecule has 1 rings (SSSR count). The predicted octanol–water partition coefficient (Wildman–Crippen LogP) is 1.57. The molecule has 0 saturated carbocycles. The van der Waals surface area contributed by atoms with E-state index in [0.29, 0.717) is 6.54 Å². The van der Waals surface area contributed by atoms with E-state index in [9.17, 15) is 0 Å². The molecule has 1 aromatic rings. The number of aromatic nitrogens is 1. The van der Waals surface area contributed by atoms with E-state index in [1.807, 2.05) is 32.0 Å². The fourth-order valence-electron chi connectivity index (χ4n) is 0.519. The quantitative estimate of drug-likeness (QED) is 0.639. The molecule has 2 heteroatoms. The highest BCUT2D eigenvalue weighted by molar-refractivity contribution is 5.02. The van der Waals surface area contributed by atoms with Crippen LogP contribution < -0.4 is 5.73 Å². The van der Waals surface area contributed by atoms with Gasteiger partial charge < -0.3 is 5.73 Å². The minimum Gasteiger partial charge on any atom is -0.325 e. The second-order valence-electron chi connectivity index (χ2n) is 1.53. The Morgan fingerprint density at radius 1 is 1.40 bits per heavy atom. The molecule has 0 aliphatic rings. The van der Waals surface area contributed by atoms with E-state index in [1.165, 1.54) is 0 Å². The Balaban J connectivity index is 0.000000371. The molecule has 0 saturated heterocycles. The molecular formula is C8H14N2. The van der Waals surface area contributed by atoms with Gasteiger partial charge in [0.15, 0.2) is 0 Å². The Morgan fingerprint density at radius 2 is 2.10 bits per heavy atom. The van der Waals surface area contributed by atoms with Gasteiger partial charge in [0.05, 0.1) is 5.69 Å². The summed E-state index contributed by atoms with van der Waals surface area (Å²) in [7, 11) is 0. The molecule has 0 spiro atoms. The van der Waals surface area contributed by atoms with Crippen LogP contribution in [0.2, 0.25) is 0 Å². The first-order chi connectivity index (χ1) is 4.93. The van der Waals surface area contributed by atoms with E-state index >= 15 is 0 Å². The summed E-state index contributed by atoms with van der Waals surface area (Å²) in [5.74, 6) is 0. The lowest BCUT2D eigenvalue weighted by molar-refractivity contribution is 0.991. The van der Waals surface area contributed by atoms with Crippen LogP contribution in [0.5, 0.6) is 0 Å². The minimum atomic E-state index is 0.529. The molecule has 10 heavy (non-hydrogen) atoms. The molecule has 0 aliphatic heterocycles. The summed E-state index contributed by atoms with van der Waals surface area (Å²) >= 11 is 0. The number of hydrogen-bond donors (Lipinski definition) is 1. The van der Waals surface area contributed by atoms with Gasteiger partial charge in [0.25, 0.3) is 0 Å². The Kier molecular flexibility index (Phi) is 5.68. The van der Waals surface area contributed by atoms with Crippen molar-refractivity contribution in [2.45, 2.75) is 20.4 Å². The maximum atomic E-state index is 5.29. The molecule has 0 atom stereocenters. The molecule has 0 bridgehead atoms. The zero-order valence-corrected chi connectivity index (χ0v) is 6.54. The average Bonchev–Trinajstić information content (AvgIpc) is 2.10. The van der Waals surface area contributed by atoms with Gasteiger partial charge in [-0.05, 0) is 12.1 Å². The van der Waals surface area contributed by atoms with Crippen molar-refractivity contribution in [1.29, 1.82) is 0 Å². The van der Waals surface area contributed by atoms with Crippen LogP contribution in [0.1, 0.15) is 19.5 Å². The molecule has 0 radical (unpaired) electrons. The van der Waals surface area contributed by atoms with E-state index in [4.69, 9.17) is 5.73 Å². The largest absolute Gasteiger partial charge is 0.325 e. The summed E-state index contributed by atoms with van der Waals surface area (Å²) in [6.45, 7) is 4.53. The van der Waals surface area contributed by atoms with Crippen LogP contribution >= 0.6 is 0 Å². The zero-order valence-electron chi connectivity index (χ0n) is 6.54. The van der Waals surface area contributed by atoms with Gasteiger partial charge in [-0.1, -0.05) is 19.9 Å². The second kappa shape index (κ2) is 6.23. The molecule has 0 amide bonds. The Bertz CT molecular complexity index is 149. The number of nitrogens with two attached hydrogens (primary N) is 1. The fraction of sp³-hybridized carbons (Fsp3) is 0.375. The van der Waals surface area contributed by atoms with E-state index in [1.54, 1.807) is 6.20 Å². The van der Waals surface area contributed by atoms with Crippen LogP contribution in [0.15, 0.2) is 24.4 Å². The monoisotopic (exact) mass is 138 g/mol. The van der Waals surface area contributed by atoms with Gasteiger partial charge in [-0.3, -0.25) is 4.98 Å². The fourth-order valence-corrected chi connectivity index (χ4v) is 0.519. The topological polar surface area (TPSA) is 38.9 Å². The van der Waals surface area contributed by atoms with E-state index in [2.05, 4.69) is 4.98 Å². The standard InChI is InChI=1S/C6H8N2.C2H6/c7-5-6-3-1-2-4-8-6;1-2/h1-4H,5,7H2;1-2H3. The second-order valence-corrected chi connectivity index (χ2v) is 1.53. The van der Waals surface area contributed by atoms with Crippen LogP contribution in [-0.2, 0) is 6.54 Å². The summed E-state index contributed by atoms with van der Waals surface area (Å²) in [6, 6.07) is 5.70. The lowest BCUT2D eigenvalue weighted by Crippen LogP contribution is -1.97. The van der Waals surface area contributed by atoms with Gasteiger partial charge in [0.1, 0.15) is 0 Å². The van der Waals surface area contributed by atoms with Gasteiger partial charge in [0.2, 0.25) is 0 Å². The highest BCUT2D eigenvalue weighted by Crippen LogP contribution is 1.88. The lowest BCUT2D eigenvalue weighted by atomic mass is 10.4. The van der Waals surface area contributed by atoms with Crippen molar-refractivity contribution < 1.29 is 0 Å².